The largest absolute Gasteiger partial charge is 0.454 e. The monoisotopic (exact) mass is 320 g/mol. The Morgan fingerprint density at radius 1 is 1.23 bits per heavy atom. The van der Waals surface area contributed by atoms with Crippen LogP contribution in [0.1, 0.15) is 10.4 Å². The van der Waals surface area contributed by atoms with Crippen LogP contribution in [0.5, 0.6) is 11.5 Å². The number of ether oxygens (including phenoxy) is 2. The minimum Gasteiger partial charge on any atom is -0.454 e. The van der Waals surface area contributed by atoms with Crippen molar-refractivity contribution in [2.75, 3.05) is 25.2 Å². The van der Waals surface area contributed by atoms with Gasteiger partial charge in [0.1, 0.15) is 0 Å². The molecule has 0 radical (unpaired) electrons. The van der Waals surface area contributed by atoms with Crippen molar-refractivity contribution in [3.63, 3.8) is 0 Å². The van der Waals surface area contributed by atoms with Gasteiger partial charge in [0, 0.05) is 31.0 Å². The molecule has 3 rings (SSSR count). The molecular formula is C14H13ClN4O3. The number of fused-ring (bicyclic) bond motifs is 1. The Labute approximate surface area is 131 Å². The zero-order valence-electron chi connectivity index (χ0n) is 11.5. The van der Waals surface area contributed by atoms with E-state index in [-0.39, 0.29) is 12.7 Å². The summed E-state index contributed by atoms with van der Waals surface area (Å²) >= 11 is 6.05. The molecule has 0 saturated heterocycles. The number of benzene rings is 1. The minimum atomic E-state index is -0.240. The summed E-state index contributed by atoms with van der Waals surface area (Å²) in [5.74, 6) is 1.23. The van der Waals surface area contributed by atoms with E-state index in [2.05, 4.69) is 20.6 Å². The molecule has 0 fully saturated rings. The Balaban J connectivity index is 1.53. The van der Waals surface area contributed by atoms with E-state index >= 15 is 0 Å². The van der Waals surface area contributed by atoms with Gasteiger partial charge in [-0.1, -0.05) is 11.6 Å². The van der Waals surface area contributed by atoms with Gasteiger partial charge in [0.15, 0.2) is 11.5 Å². The van der Waals surface area contributed by atoms with E-state index in [0.29, 0.717) is 41.1 Å². The molecule has 1 aliphatic rings. The van der Waals surface area contributed by atoms with Gasteiger partial charge in [-0.15, -0.1) is 0 Å². The van der Waals surface area contributed by atoms with Crippen molar-refractivity contribution in [1.29, 1.82) is 0 Å². The summed E-state index contributed by atoms with van der Waals surface area (Å²) in [6, 6.07) is 4.89. The number of anilines is 1. The van der Waals surface area contributed by atoms with E-state index in [0.717, 1.165) is 0 Å². The summed E-state index contributed by atoms with van der Waals surface area (Å²) in [7, 11) is 0. The third-order valence-corrected chi connectivity index (χ3v) is 3.23. The highest BCUT2D eigenvalue weighted by Gasteiger charge is 2.20. The predicted molar refractivity (Wildman–Crippen MR) is 80.4 cm³/mol. The average molecular weight is 321 g/mol. The number of carbonyl (C=O) groups is 1. The van der Waals surface area contributed by atoms with Crippen LogP contribution in [0.3, 0.4) is 0 Å². The van der Waals surface area contributed by atoms with Crippen LogP contribution >= 0.6 is 11.6 Å². The molecule has 1 aromatic heterocycles. The van der Waals surface area contributed by atoms with Crippen LogP contribution in [-0.2, 0) is 0 Å². The van der Waals surface area contributed by atoms with Crippen molar-refractivity contribution < 1.29 is 14.3 Å². The number of nitrogens with zero attached hydrogens (tertiary/aromatic N) is 2. The van der Waals surface area contributed by atoms with Gasteiger partial charge in [0.25, 0.3) is 5.91 Å². The SMILES string of the molecule is O=C(NCCNc1ncccn1)c1cc(Cl)c2c(c1)OCO2. The lowest BCUT2D eigenvalue weighted by Gasteiger charge is -2.08. The Kier molecular flexibility index (Phi) is 4.24. The Morgan fingerprint density at radius 3 is 2.86 bits per heavy atom. The maximum Gasteiger partial charge on any atom is 0.251 e. The van der Waals surface area contributed by atoms with Gasteiger partial charge >= 0.3 is 0 Å². The van der Waals surface area contributed by atoms with Crippen LogP contribution in [0.25, 0.3) is 0 Å². The fourth-order valence-electron chi connectivity index (χ4n) is 1.94. The second-order valence-electron chi connectivity index (χ2n) is 4.45. The molecule has 0 unspecified atom stereocenters. The van der Waals surface area contributed by atoms with Crippen molar-refractivity contribution in [3.8, 4) is 11.5 Å². The molecule has 1 aliphatic heterocycles. The highest BCUT2D eigenvalue weighted by atomic mass is 35.5. The topological polar surface area (TPSA) is 85.4 Å². The van der Waals surface area contributed by atoms with Crippen molar-refractivity contribution >= 4 is 23.5 Å². The fraction of sp³-hybridized carbons (Fsp3) is 0.214. The summed E-state index contributed by atoms with van der Waals surface area (Å²) in [5, 5.41) is 6.13. The lowest BCUT2D eigenvalue weighted by atomic mass is 10.2. The Bertz CT molecular complexity index is 681. The number of hydrogen-bond donors (Lipinski definition) is 2. The smallest absolute Gasteiger partial charge is 0.251 e. The van der Waals surface area contributed by atoms with Crippen LogP contribution in [0.15, 0.2) is 30.6 Å². The molecule has 22 heavy (non-hydrogen) atoms. The standard InChI is InChI=1S/C14H13ClN4O3/c15-10-6-9(7-11-12(10)22-8-21-11)13(20)16-4-5-19-14-17-2-1-3-18-14/h1-3,6-7H,4-5,8H2,(H,16,20)(H,17,18,19). The zero-order valence-corrected chi connectivity index (χ0v) is 12.3. The third kappa shape index (κ3) is 3.20. The summed E-state index contributed by atoms with van der Waals surface area (Å²) in [5.41, 5.74) is 0.421. The van der Waals surface area contributed by atoms with Gasteiger partial charge in [0.2, 0.25) is 12.7 Å². The zero-order chi connectivity index (χ0) is 15.4. The highest BCUT2D eigenvalue weighted by molar-refractivity contribution is 6.32. The molecule has 0 bridgehead atoms. The van der Waals surface area contributed by atoms with Gasteiger partial charge in [-0.3, -0.25) is 4.79 Å². The first-order valence-electron chi connectivity index (χ1n) is 6.62. The molecule has 0 aliphatic carbocycles. The lowest BCUT2D eigenvalue weighted by molar-refractivity contribution is 0.0954. The van der Waals surface area contributed by atoms with Gasteiger partial charge in [0.05, 0.1) is 5.02 Å². The second-order valence-corrected chi connectivity index (χ2v) is 4.85. The highest BCUT2D eigenvalue weighted by Crippen LogP contribution is 2.39. The summed E-state index contributed by atoms with van der Waals surface area (Å²) in [6.45, 7) is 1.04. The van der Waals surface area contributed by atoms with Crippen LogP contribution in [-0.4, -0.2) is 35.8 Å². The first-order chi connectivity index (χ1) is 10.7. The number of amides is 1. The molecule has 0 saturated carbocycles. The second kappa shape index (κ2) is 6.48. The molecule has 0 atom stereocenters. The average Bonchev–Trinajstić information content (AvgIpc) is 3.01. The maximum absolute atomic E-state index is 12.1. The molecule has 2 N–H and O–H groups in total. The summed E-state index contributed by atoms with van der Waals surface area (Å²) < 4.78 is 10.4. The lowest BCUT2D eigenvalue weighted by Crippen LogP contribution is -2.29. The quantitative estimate of drug-likeness (QED) is 0.816. The van der Waals surface area contributed by atoms with E-state index < -0.39 is 0 Å². The molecule has 2 heterocycles. The van der Waals surface area contributed by atoms with E-state index in [1.165, 1.54) is 0 Å². The van der Waals surface area contributed by atoms with Crippen LogP contribution in [0, 0.1) is 0 Å². The Morgan fingerprint density at radius 2 is 2.05 bits per heavy atom. The molecule has 1 aromatic carbocycles. The van der Waals surface area contributed by atoms with Gasteiger partial charge in [-0.25, -0.2) is 9.97 Å². The normalized spacial score (nSPS) is 12.0. The predicted octanol–water partition coefficient (Wildman–Crippen LogP) is 1.70. The van der Waals surface area contributed by atoms with E-state index in [1.807, 2.05) is 0 Å². The van der Waals surface area contributed by atoms with Crippen molar-refractivity contribution in [1.82, 2.24) is 15.3 Å². The van der Waals surface area contributed by atoms with Crippen molar-refractivity contribution in [3.05, 3.63) is 41.2 Å². The molecule has 0 spiro atoms. The maximum atomic E-state index is 12.1. The summed E-state index contributed by atoms with van der Waals surface area (Å²) in [6.07, 6.45) is 3.28. The van der Waals surface area contributed by atoms with Crippen molar-refractivity contribution in [2.45, 2.75) is 0 Å². The molecule has 8 heteroatoms. The number of nitrogens with one attached hydrogen (secondary N) is 2. The van der Waals surface area contributed by atoms with Gasteiger partial charge < -0.3 is 20.1 Å². The summed E-state index contributed by atoms with van der Waals surface area (Å²) in [4.78, 5) is 20.1. The van der Waals surface area contributed by atoms with E-state index in [1.54, 1.807) is 30.6 Å². The number of rotatable bonds is 5. The molecule has 2 aromatic rings. The first-order valence-corrected chi connectivity index (χ1v) is 7.00. The fourth-order valence-corrected chi connectivity index (χ4v) is 2.21. The van der Waals surface area contributed by atoms with Crippen LogP contribution < -0.4 is 20.1 Å². The molecular weight excluding hydrogens is 308 g/mol. The molecule has 114 valence electrons. The van der Waals surface area contributed by atoms with E-state index in [4.69, 9.17) is 21.1 Å². The van der Waals surface area contributed by atoms with Crippen LogP contribution in [0.2, 0.25) is 5.02 Å². The first kappa shape index (κ1) is 14.4. The number of carbonyl (C=O) groups excluding carboxylic acids is 1. The van der Waals surface area contributed by atoms with Gasteiger partial charge in [-0.05, 0) is 18.2 Å². The minimum absolute atomic E-state index is 0.112. The molecule has 7 nitrogen and oxygen atoms in total. The van der Waals surface area contributed by atoms with E-state index in [9.17, 15) is 4.79 Å². The number of halogens is 1. The van der Waals surface area contributed by atoms with Crippen LogP contribution in [0.4, 0.5) is 5.95 Å². The Hall–Kier alpha value is -2.54. The van der Waals surface area contributed by atoms with Gasteiger partial charge in [-0.2, -0.15) is 0 Å². The number of aromatic nitrogens is 2. The molecule has 1 amide bonds. The third-order valence-electron chi connectivity index (χ3n) is 2.95. The van der Waals surface area contributed by atoms with Crippen molar-refractivity contribution in [2.24, 2.45) is 0 Å². The number of hydrogen-bond acceptors (Lipinski definition) is 6.